The van der Waals surface area contributed by atoms with Gasteiger partial charge in [-0.05, 0) is 37.3 Å². The van der Waals surface area contributed by atoms with Crippen molar-refractivity contribution in [3.63, 3.8) is 0 Å². The number of aromatic amines is 1. The second-order valence-corrected chi connectivity index (χ2v) is 4.53. The number of hydrogen-bond donors (Lipinski definition) is 2. The lowest BCUT2D eigenvalue weighted by molar-refractivity contribution is 0.102. The fourth-order valence-corrected chi connectivity index (χ4v) is 1.98. The molecule has 0 radical (unpaired) electrons. The van der Waals surface area contributed by atoms with Crippen LogP contribution in [0.5, 0.6) is 0 Å². The van der Waals surface area contributed by atoms with Crippen LogP contribution in [0.3, 0.4) is 0 Å². The summed E-state index contributed by atoms with van der Waals surface area (Å²) < 4.78 is 1.95. The normalized spacial score (nSPS) is 10.4. The Bertz CT molecular complexity index is 728. The van der Waals surface area contributed by atoms with Crippen molar-refractivity contribution in [2.75, 3.05) is 5.32 Å². The number of nitrogens with one attached hydrogen (secondary N) is 2. The highest BCUT2D eigenvalue weighted by molar-refractivity contribution is 6.04. The summed E-state index contributed by atoms with van der Waals surface area (Å²) in [6.07, 6.45) is 3.88. The molecule has 0 spiro atoms. The molecule has 0 aliphatic heterocycles. The summed E-state index contributed by atoms with van der Waals surface area (Å²) in [7, 11) is 0. The standard InChI is InChI=1S/C15H14N4O/c1-11-9-14(18-17-11)16-15(20)12-5-4-6-13(10-12)19-7-2-3-8-19/h2-10H,1H3,(H2,16,17,18,20). The number of nitrogens with zero attached hydrogens (tertiary/aromatic N) is 2. The number of H-pyrrole nitrogens is 1. The molecule has 2 heterocycles. The minimum absolute atomic E-state index is 0.175. The van der Waals surface area contributed by atoms with Crippen LogP contribution >= 0.6 is 0 Å². The van der Waals surface area contributed by atoms with Crippen molar-refractivity contribution in [3.05, 3.63) is 66.1 Å². The van der Waals surface area contributed by atoms with Crippen LogP contribution in [0.15, 0.2) is 54.9 Å². The van der Waals surface area contributed by atoms with E-state index in [0.29, 0.717) is 11.4 Å². The molecule has 20 heavy (non-hydrogen) atoms. The summed E-state index contributed by atoms with van der Waals surface area (Å²) in [5.74, 6) is 0.351. The summed E-state index contributed by atoms with van der Waals surface area (Å²) in [6, 6.07) is 13.1. The minimum atomic E-state index is -0.175. The number of carbonyl (C=O) groups is 1. The first-order valence-electron chi connectivity index (χ1n) is 6.29. The van der Waals surface area contributed by atoms with Gasteiger partial charge in [0, 0.05) is 35.4 Å². The Morgan fingerprint density at radius 2 is 2.00 bits per heavy atom. The van der Waals surface area contributed by atoms with Crippen molar-refractivity contribution in [2.24, 2.45) is 0 Å². The Balaban J connectivity index is 1.83. The molecule has 0 saturated carbocycles. The molecular weight excluding hydrogens is 252 g/mol. The van der Waals surface area contributed by atoms with Crippen LogP contribution < -0.4 is 5.32 Å². The molecule has 0 aliphatic carbocycles. The maximum absolute atomic E-state index is 12.2. The first kappa shape index (κ1) is 12.2. The summed E-state index contributed by atoms with van der Waals surface area (Å²) in [4.78, 5) is 12.2. The van der Waals surface area contributed by atoms with Crippen LogP contribution in [0.1, 0.15) is 16.1 Å². The highest BCUT2D eigenvalue weighted by atomic mass is 16.1. The Labute approximate surface area is 116 Å². The Morgan fingerprint density at radius 1 is 1.20 bits per heavy atom. The van der Waals surface area contributed by atoms with Gasteiger partial charge in [0.15, 0.2) is 5.82 Å². The van der Waals surface area contributed by atoms with Crippen LogP contribution in [0.2, 0.25) is 0 Å². The molecule has 0 unspecified atom stereocenters. The van der Waals surface area contributed by atoms with Crippen LogP contribution in [0, 0.1) is 6.92 Å². The predicted molar refractivity (Wildman–Crippen MR) is 77.0 cm³/mol. The quantitative estimate of drug-likeness (QED) is 0.765. The fourth-order valence-electron chi connectivity index (χ4n) is 1.98. The van der Waals surface area contributed by atoms with Gasteiger partial charge in [-0.1, -0.05) is 6.07 Å². The number of benzene rings is 1. The number of hydrogen-bond acceptors (Lipinski definition) is 2. The lowest BCUT2D eigenvalue weighted by Gasteiger charge is -2.06. The van der Waals surface area contributed by atoms with Gasteiger partial charge in [0.2, 0.25) is 0 Å². The first-order chi connectivity index (χ1) is 9.72. The van der Waals surface area contributed by atoms with E-state index in [1.807, 2.05) is 54.2 Å². The molecule has 1 amide bonds. The van der Waals surface area contributed by atoms with Crippen molar-refractivity contribution in [1.29, 1.82) is 0 Å². The molecule has 5 nitrogen and oxygen atoms in total. The maximum Gasteiger partial charge on any atom is 0.256 e. The van der Waals surface area contributed by atoms with Gasteiger partial charge >= 0.3 is 0 Å². The molecule has 1 aromatic carbocycles. The summed E-state index contributed by atoms with van der Waals surface area (Å²) in [6.45, 7) is 1.88. The van der Waals surface area contributed by atoms with Gasteiger partial charge in [-0.25, -0.2) is 0 Å². The Hall–Kier alpha value is -2.82. The highest BCUT2D eigenvalue weighted by Gasteiger charge is 2.08. The number of carbonyl (C=O) groups excluding carboxylic acids is 1. The molecule has 2 N–H and O–H groups in total. The van der Waals surface area contributed by atoms with E-state index in [9.17, 15) is 4.79 Å². The van der Waals surface area contributed by atoms with E-state index in [0.717, 1.165) is 11.4 Å². The van der Waals surface area contributed by atoms with Crippen LogP contribution in [-0.4, -0.2) is 20.7 Å². The smallest absolute Gasteiger partial charge is 0.256 e. The van der Waals surface area contributed by atoms with E-state index >= 15 is 0 Å². The van der Waals surface area contributed by atoms with Crippen LogP contribution in [0.4, 0.5) is 5.82 Å². The topological polar surface area (TPSA) is 62.7 Å². The zero-order valence-corrected chi connectivity index (χ0v) is 11.0. The molecule has 3 aromatic rings. The van der Waals surface area contributed by atoms with Gasteiger partial charge in [-0.3, -0.25) is 9.89 Å². The van der Waals surface area contributed by atoms with Gasteiger partial charge in [-0.2, -0.15) is 5.10 Å². The molecule has 2 aromatic heterocycles. The summed E-state index contributed by atoms with van der Waals surface area (Å²) in [5, 5.41) is 9.54. The third kappa shape index (κ3) is 2.47. The average Bonchev–Trinajstić information content (AvgIpc) is 3.11. The number of rotatable bonds is 3. The average molecular weight is 266 g/mol. The molecule has 0 saturated heterocycles. The SMILES string of the molecule is Cc1cc(NC(=O)c2cccc(-n3cccc3)c2)n[nH]1. The van der Waals surface area contributed by atoms with Gasteiger partial charge in [-0.15, -0.1) is 0 Å². The van der Waals surface area contributed by atoms with Crippen LogP contribution in [0.25, 0.3) is 5.69 Å². The van der Waals surface area contributed by atoms with E-state index in [4.69, 9.17) is 0 Å². The Kier molecular flexibility index (Phi) is 3.09. The third-order valence-electron chi connectivity index (χ3n) is 2.96. The third-order valence-corrected chi connectivity index (χ3v) is 2.96. The van der Waals surface area contributed by atoms with Gasteiger partial charge in [0.1, 0.15) is 0 Å². The lowest BCUT2D eigenvalue weighted by Crippen LogP contribution is -2.12. The van der Waals surface area contributed by atoms with Crippen molar-refractivity contribution in [3.8, 4) is 5.69 Å². The second-order valence-electron chi connectivity index (χ2n) is 4.53. The molecule has 3 rings (SSSR count). The van der Waals surface area contributed by atoms with E-state index < -0.39 is 0 Å². The zero-order chi connectivity index (χ0) is 13.9. The van der Waals surface area contributed by atoms with E-state index in [2.05, 4.69) is 15.5 Å². The molecule has 100 valence electrons. The number of anilines is 1. The summed E-state index contributed by atoms with van der Waals surface area (Å²) >= 11 is 0. The molecule has 0 fully saturated rings. The van der Waals surface area contributed by atoms with E-state index in [1.165, 1.54) is 0 Å². The molecule has 0 aliphatic rings. The van der Waals surface area contributed by atoms with Gasteiger partial charge in [0.25, 0.3) is 5.91 Å². The van der Waals surface area contributed by atoms with Gasteiger partial charge in [0.05, 0.1) is 0 Å². The Morgan fingerprint density at radius 3 is 2.70 bits per heavy atom. The highest BCUT2D eigenvalue weighted by Crippen LogP contribution is 2.13. The predicted octanol–water partition coefficient (Wildman–Crippen LogP) is 2.76. The van der Waals surface area contributed by atoms with E-state index in [1.54, 1.807) is 12.1 Å². The molecule has 5 heteroatoms. The van der Waals surface area contributed by atoms with Gasteiger partial charge < -0.3 is 9.88 Å². The van der Waals surface area contributed by atoms with Crippen molar-refractivity contribution >= 4 is 11.7 Å². The zero-order valence-electron chi connectivity index (χ0n) is 11.0. The largest absolute Gasteiger partial charge is 0.324 e. The monoisotopic (exact) mass is 266 g/mol. The minimum Gasteiger partial charge on any atom is -0.324 e. The lowest BCUT2D eigenvalue weighted by atomic mass is 10.2. The van der Waals surface area contributed by atoms with Crippen molar-refractivity contribution < 1.29 is 4.79 Å². The molecule has 0 atom stereocenters. The second kappa shape index (κ2) is 5.05. The number of aromatic nitrogens is 3. The van der Waals surface area contributed by atoms with Crippen molar-refractivity contribution in [2.45, 2.75) is 6.92 Å². The number of aryl methyl sites for hydroxylation is 1. The van der Waals surface area contributed by atoms with E-state index in [-0.39, 0.29) is 5.91 Å². The first-order valence-corrected chi connectivity index (χ1v) is 6.29. The summed E-state index contributed by atoms with van der Waals surface area (Å²) in [5.41, 5.74) is 2.44. The maximum atomic E-state index is 12.2. The van der Waals surface area contributed by atoms with Crippen molar-refractivity contribution in [1.82, 2.24) is 14.8 Å². The molecular formula is C15H14N4O. The van der Waals surface area contributed by atoms with Crippen LogP contribution in [-0.2, 0) is 0 Å². The number of amides is 1. The molecule has 0 bridgehead atoms. The fraction of sp³-hybridized carbons (Fsp3) is 0.0667.